The maximum Gasteiger partial charge on any atom is 0.219 e. The van der Waals surface area contributed by atoms with Crippen LogP contribution in [0.4, 0.5) is 5.69 Å². The molecule has 0 aliphatic heterocycles. The lowest BCUT2D eigenvalue weighted by Gasteiger charge is -2.08. The Morgan fingerprint density at radius 1 is 1.11 bits per heavy atom. The molecule has 3 heteroatoms. The highest BCUT2D eigenvalue weighted by Crippen LogP contribution is 2.28. The second kappa shape index (κ2) is 4.33. The number of anilines is 1. The normalized spacial score (nSPS) is 13.4. The third-order valence-corrected chi connectivity index (χ3v) is 3.39. The Labute approximate surface area is 107 Å². The summed E-state index contributed by atoms with van der Waals surface area (Å²) < 4.78 is 5.77. The summed E-state index contributed by atoms with van der Waals surface area (Å²) in [6, 6.07) is 9.91. The zero-order valence-corrected chi connectivity index (χ0v) is 10.4. The number of hydrogen-bond donors (Lipinski definition) is 1. The standard InChI is InChI=1S/C15H16N2O/c1-10-14(16)7-8-15(17-10)18-13-6-5-11-3-2-4-12(11)9-13/h5-9H,2-4,16H2,1H3. The van der Waals surface area contributed by atoms with E-state index < -0.39 is 0 Å². The molecule has 1 aliphatic carbocycles. The maximum atomic E-state index is 5.77. The molecule has 1 aliphatic rings. The third-order valence-electron chi connectivity index (χ3n) is 3.39. The SMILES string of the molecule is Cc1nc(Oc2ccc3c(c2)CCC3)ccc1N. The van der Waals surface area contributed by atoms with Crippen LogP contribution >= 0.6 is 0 Å². The molecule has 0 saturated carbocycles. The van der Waals surface area contributed by atoms with Crippen molar-refractivity contribution in [3.63, 3.8) is 0 Å². The maximum absolute atomic E-state index is 5.77. The van der Waals surface area contributed by atoms with Gasteiger partial charge in [-0.1, -0.05) is 6.07 Å². The van der Waals surface area contributed by atoms with Crippen LogP contribution in [0, 0.1) is 6.92 Å². The average molecular weight is 240 g/mol. The molecular formula is C15H16N2O. The van der Waals surface area contributed by atoms with Gasteiger partial charge in [0.1, 0.15) is 5.75 Å². The first-order valence-electron chi connectivity index (χ1n) is 6.25. The van der Waals surface area contributed by atoms with Crippen LogP contribution in [0.15, 0.2) is 30.3 Å². The van der Waals surface area contributed by atoms with Crippen molar-refractivity contribution in [3.05, 3.63) is 47.2 Å². The molecular weight excluding hydrogens is 224 g/mol. The summed E-state index contributed by atoms with van der Waals surface area (Å²) in [6.07, 6.45) is 3.59. The molecule has 3 nitrogen and oxygen atoms in total. The number of pyridine rings is 1. The smallest absolute Gasteiger partial charge is 0.219 e. The number of hydrogen-bond acceptors (Lipinski definition) is 3. The summed E-state index contributed by atoms with van der Waals surface area (Å²) >= 11 is 0. The van der Waals surface area contributed by atoms with Gasteiger partial charge in [-0.2, -0.15) is 0 Å². The van der Waals surface area contributed by atoms with Gasteiger partial charge in [-0.15, -0.1) is 0 Å². The molecule has 2 N–H and O–H groups in total. The van der Waals surface area contributed by atoms with Gasteiger partial charge in [0.15, 0.2) is 0 Å². The van der Waals surface area contributed by atoms with Crippen LogP contribution in [0.2, 0.25) is 0 Å². The number of rotatable bonds is 2. The van der Waals surface area contributed by atoms with E-state index in [0.29, 0.717) is 11.6 Å². The van der Waals surface area contributed by atoms with Gasteiger partial charge in [-0.05, 0) is 55.5 Å². The highest BCUT2D eigenvalue weighted by molar-refractivity contribution is 5.45. The predicted molar refractivity (Wildman–Crippen MR) is 71.9 cm³/mol. The van der Waals surface area contributed by atoms with E-state index in [0.717, 1.165) is 17.9 Å². The van der Waals surface area contributed by atoms with Gasteiger partial charge in [-0.3, -0.25) is 0 Å². The lowest BCUT2D eigenvalue weighted by atomic mass is 10.1. The summed E-state index contributed by atoms with van der Waals surface area (Å²) in [4.78, 5) is 4.31. The Hall–Kier alpha value is -2.03. The van der Waals surface area contributed by atoms with Crippen molar-refractivity contribution in [2.75, 3.05) is 5.73 Å². The number of nitrogens with zero attached hydrogens (tertiary/aromatic N) is 1. The summed E-state index contributed by atoms with van der Waals surface area (Å²) in [6.45, 7) is 1.88. The zero-order chi connectivity index (χ0) is 12.5. The molecule has 0 amide bonds. The number of ether oxygens (including phenoxy) is 1. The fraction of sp³-hybridized carbons (Fsp3) is 0.267. The molecule has 1 aromatic heterocycles. The fourth-order valence-corrected chi connectivity index (χ4v) is 2.34. The van der Waals surface area contributed by atoms with E-state index >= 15 is 0 Å². The molecule has 1 aromatic carbocycles. The van der Waals surface area contributed by atoms with Crippen molar-refractivity contribution in [1.82, 2.24) is 4.98 Å². The van der Waals surface area contributed by atoms with Crippen molar-refractivity contribution >= 4 is 5.69 Å². The lowest BCUT2D eigenvalue weighted by Crippen LogP contribution is -1.95. The number of nitrogens with two attached hydrogens (primary N) is 1. The molecule has 0 atom stereocenters. The number of aryl methyl sites for hydroxylation is 3. The van der Waals surface area contributed by atoms with Crippen LogP contribution in [-0.2, 0) is 12.8 Å². The predicted octanol–water partition coefficient (Wildman–Crippen LogP) is 3.25. The summed E-state index contributed by atoms with van der Waals surface area (Å²) in [5.41, 5.74) is 10.1. The monoisotopic (exact) mass is 240 g/mol. The largest absolute Gasteiger partial charge is 0.439 e. The minimum Gasteiger partial charge on any atom is -0.439 e. The molecule has 0 saturated heterocycles. The van der Waals surface area contributed by atoms with E-state index in [2.05, 4.69) is 17.1 Å². The van der Waals surface area contributed by atoms with E-state index in [-0.39, 0.29) is 0 Å². The Morgan fingerprint density at radius 2 is 1.94 bits per heavy atom. The van der Waals surface area contributed by atoms with Crippen LogP contribution in [0.25, 0.3) is 0 Å². The van der Waals surface area contributed by atoms with Crippen molar-refractivity contribution in [2.45, 2.75) is 26.2 Å². The van der Waals surface area contributed by atoms with Gasteiger partial charge in [0, 0.05) is 6.07 Å². The highest BCUT2D eigenvalue weighted by Gasteiger charge is 2.11. The first-order valence-corrected chi connectivity index (χ1v) is 6.25. The molecule has 3 rings (SSSR count). The lowest BCUT2D eigenvalue weighted by molar-refractivity contribution is 0.461. The van der Waals surface area contributed by atoms with E-state index in [4.69, 9.17) is 10.5 Å². The number of nitrogen functional groups attached to an aromatic ring is 1. The summed E-state index contributed by atoms with van der Waals surface area (Å²) in [7, 11) is 0. The van der Waals surface area contributed by atoms with Gasteiger partial charge >= 0.3 is 0 Å². The average Bonchev–Trinajstić information content (AvgIpc) is 2.81. The van der Waals surface area contributed by atoms with E-state index in [1.807, 2.05) is 19.1 Å². The highest BCUT2D eigenvalue weighted by atomic mass is 16.5. The molecule has 2 aromatic rings. The summed E-state index contributed by atoms with van der Waals surface area (Å²) in [5, 5.41) is 0. The summed E-state index contributed by atoms with van der Waals surface area (Å²) in [5.74, 6) is 1.45. The molecule has 0 unspecified atom stereocenters. The Balaban J connectivity index is 1.85. The molecule has 0 spiro atoms. The van der Waals surface area contributed by atoms with E-state index in [1.54, 1.807) is 6.07 Å². The topological polar surface area (TPSA) is 48.1 Å². The third kappa shape index (κ3) is 2.04. The van der Waals surface area contributed by atoms with Crippen molar-refractivity contribution in [2.24, 2.45) is 0 Å². The molecule has 1 heterocycles. The molecule has 92 valence electrons. The minimum atomic E-state index is 0.597. The molecule has 0 radical (unpaired) electrons. The van der Waals surface area contributed by atoms with Crippen LogP contribution in [0.5, 0.6) is 11.6 Å². The second-order valence-corrected chi connectivity index (χ2v) is 4.71. The number of fused-ring (bicyclic) bond motifs is 1. The van der Waals surface area contributed by atoms with Gasteiger partial charge in [0.05, 0.1) is 11.4 Å². The van der Waals surface area contributed by atoms with Crippen LogP contribution in [0.1, 0.15) is 23.2 Å². The first-order chi connectivity index (χ1) is 8.72. The van der Waals surface area contributed by atoms with Crippen molar-refractivity contribution < 1.29 is 4.74 Å². The zero-order valence-electron chi connectivity index (χ0n) is 10.4. The molecule has 0 bridgehead atoms. The van der Waals surface area contributed by atoms with Gasteiger partial charge in [0.25, 0.3) is 0 Å². The van der Waals surface area contributed by atoms with Crippen molar-refractivity contribution in [3.8, 4) is 11.6 Å². The van der Waals surface area contributed by atoms with Crippen LogP contribution in [-0.4, -0.2) is 4.98 Å². The Kier molecular flexibility index (Phi) is 2.67. The van der Waals surface area contributed by atoms with E-state index in [1.165, 1.54) is 24.0 Å². The Morgan fingerprint density at radius 3 is 2.78 bits per heavy atom. The van der Waals surface area contributed by atoms with Gasteiger partial charge in [0.2, 0.25) is 5.88 Å². The fourth-order valence-electron chi connectivity index (χ4n) is 2.34. The number of benzene rings is 1. The van der Waals surface area contributed by atoms with Crippen molar-refractivity contribution in [1.29, 1.82) is 0 Å². The molecule has 0 fully saturated rings. The minimum absolute atomic E-state index is 0.597. The first kappa shape index (κ1) is 11.1. The van der Waals surface area contributed by atoms with Crippen LogP contribution in [0.3, 0.4) is 0 Å². The van der Waals surface area contributed by atoms with Gasteiger partial charge < -0.3 is 10.5 Å². The van der Waals surface area contributed by atoms with Crippen LogP contribution < -0.4 is 10.5 Å². The molecule has 18 heavy (non-hydrogen) atoms. The quantitative estimate of drug-likeness (QED) is 0.876. The second-order valence-electron chi connectivity index (χ2n) is 4.71. The van der Waals surface area contributed by atoms with E-state index in [9.17, 15) is 0 Å². The number of aromatic nitrogens is 1. The van der Waals surface area contributed by atoms with Gasteiger partial charge in [-0.25, -0.2) is 4.98 Å². The Bertz CT molecular complexity index is 593.